The molecule has 0 saturated carbocycles. The summed E-state index contributed by atoms with van der Waals surface area (Å²) in [7, 11) is 0. The van der Waals surface area contributed by atoms with E-state index in [1.807, 2.05) is 18.2 Å². The number of benzene rings is 8. The third kappa shape index (κ3) is 4.51. The van der Waals surface area contributed by atoms with E-state index in [1.165, 1.54) is 10.8 Å². The van der Waals surface area contributed by atoms with Crippen molar-refractivity contribution in [3.63, 3.8) is 0 Å². The molecule has 0 spiro atoms. The SMILES string of the molecule is c1ccc(N(c2ccc(-c3cccc4oc5ccccc5c34)cc2)c2ccccc2-c2ccc3oc4cc5ccccc5cc4c3c2)cc1. The molecule has 0 N–H and O–H groups in total. The van der Waals surface area contributed by atoms with Crippen molar-refractivity contribution in [2.75, 3.05) is 4.90 Å². The fourth-order valence-electron chi connectivity index (χ4n) is 7.35. The summed E-state index contributed by atoms with van der Waals surface area (Å²) in [5.41, 5.74) is 11.5. The number of hydrogen-bond donors (Lipinski definition) is 0. The Balaban J connectivity index is 1.11. The Morgan fingerprint density at radius 1 is 0.347 bits per heavy atom. The van der Waals surface area contributed by atoms with Gasteiger partial charge in [0, 0.05) is 38.5 Å². The maximum absolute atomic E-state index is 6.34. The second-order valence-electron chi connectivity index (χ2n) is 12.5. The summed E-state index contributed by atoms with van der Waals surface area (Å²) in [5, 5.41) is 6.91. The molecule has 2 aromatic heterocycles. The molecule has 0 atom stereocenters. The first-order valence-corrected chi connectivity index (χ1v) is 16.6. The lowest BCUT2D eigenvalue weighted by Gasteiger charge is -2.28. The molecular weight excluding hydrogens is 599 g/mol. The van der Waals surface area contributed by atoms with Crippen molar-refractivity contribution in [2.45, 2.75) is 0 Å². The molecule has 0 amide bonds. The molecule has 10 aromatic rings. The maximum Gasteiger partial charge on any atom is 0.136 e. The Hall–Kier alpha value is -6.58. The van der Waals surface area contributed by atoms with Gasteiger partial charge in [-0.15, -0.1) is 0 Å². The van der Waals surface area contributed by atoms with E-state index in [9.17, 15) is 0 Å². The van der Waals surface area contributed by atoms with E-state index in [4.69, 9.17) is 8.83 Å². The van der Waals surface area contributed by atoms with Crippen LogP contribution >= 0.6 is 0 Å². The third-order valence-electron chi connectivity index (χ3n) is 9.65. The molecule has 230 valence electrons. The van der Waals surface area contributed by atoms with E-state index in [2.05, 4.69) is 163 Å². The van der Waals surface area contributed by atoms with Crippen LogP contribution in [0.25, 0.3) is 76.9 Å². The minimum Gasteiger partial charge on any atom is -0.456 e. The summed E-state index contributed by atoms with van der Waals surface area (Å²) in [6.45, 7) is 0. The molecule has 2 heterocycles. The van der Waals surface area contributed by atoms with Crippen LogP contribution in [0.5, 0.6) is 0 Å². The molecule has 8 aromatic carbocycles. The molecule has 3 heteroatoms. The Morgan fingerprint density at radius 3 is 1.84 bits per heavy atom. The van der Waals surface area contributed by atoms with Gasteiger partial charge in [0.1, 0.15) is 22.3 Å². The second-order valence-corrected chi connectivity index (χ2v) is 12.5. The number of fused-ring (bicyclic) bond motifs is 7. The first-order chi connectivity index (χ1) is 24.3. The first-order valence-electron chi connectivity index (χ1n) is 16.6. The van der Waals surface area contributed by atoms with E-state index < -0.39 is 0 Å². The van der Waals surface area contributed by atoms with Gasteiger partial charge < -0.3 is 13.7 Å². The smallest absolute Gasteiger partial charge is 0.136 e. The number of hydrogen-bond acceptors (Lipinski definition) is 3. The molecule has 49 heavy (non-hydrogen) atoms. The lowest BCUT2D eigenvalue weighted by atomic mass is 9.98. The molecular formula is C46H29NO2. The van der Waals surface area contributed by atoms with Gasteiger partial charge in [0.2, 0.25) is 0 Å². The van der Waals surface area contributed by atoms with E-state index in [0.29, 0.717) is 0 Å². The van der Waals surface area contributed by atoms with Crippen LogP contribution in [0.15, 0.2) is 185 Å². The molecule has 0 bridgehead atoms. The lowest BCUT2D eigenvalue weighted by molar-refractivity contribution is 0.669. The molecule has 3 nitrogen and oxygen atoms in total. The molecule has 0 saturated heterocycles. The Labute approximate surface area is 282 Å². The summed E-state index contributed by atoms with van der Waals surface area (Å²) in [5.74, 6) is 0. The van der Waals surface area contributed by atoms with Gasteiger partial charge in [0.15, 0.2) is 0 Å². The monoisotopic (exact) mass is 627 g/mol. The quantitative estimate of drug-likeness (QED) is 0.190. The minimum atomic E-state index is 0.891. The van der Waals surface area contributed by atoms with Gasteiger partial charge in [0.05, 0.1) is 5.69 Å². The number of anilines is 3. The minimum absolute atomic E-state index is 0.891. The van der Waals surface area contributed by atoms with Crippen LogP contribution < -0.4 is 4.90 Å². The van der Waals surface area contributed by atoms with Gasteiger partial charge >= 0.3 is 0 Å². The zero-order valence-electron chi connectivity index (χ0n) is 26.5. The highest BCUT2D eigenvalue weighted by Crippen LogP contribution is 2.44. The van der Waals surface area contributed by atoms with Crippen molar-refractivity contribution in [1.82, 2.24) is 0 Å². The van der Waals surface area contributed by atoms with Crippen LogP contribution in [-0.4, -0.2) is 0 Å². The molecule has 0 fully saturated rings. The van der Waals surface area contributed by atoms with E-state index in [1.54, 1.807) is 0 Å². The number of nitrogens with zero attached hydrogens (tertiary/aromatic N) is 1. The topological polar surface area (TPSA) is 29.5 Å². The highest BCUT2D eigenvalue weighted by atomic mass is 16.3. The van der Waals surface area contributed by atoms with Crippen molar-refractivity contribution < 1.29 is 8.83 Å². The summed E-state index contributed by atoms with van der Waals surface area (Å²) in [4.78, 5) is 2.35. The third-order valence-corrected chi connectivity index (χ3v) is 9.65. The van der Waals surface area contributed by atoms with Crippen molar-refractivity contribution in [1.29, 1.82) is 0 Å². The number of rotatable bonds is 5. The Bertz CT molecular complexity index is 2830. The predicted octanol–water partition coefficient (Wildman–Crippen LogP) is 13.4. The van der Waals surface area contributed by atoms with Gasteiger partial charge in [-0.1, -0.05) is 109 Å². The van der Waals surface area contributed by atoms with Gasteiger partial charge in [-0.05, 0) is 94.2 Å². The summed E-state index contributed by atoms with van der Waals surface area (Å²) < 4.78 is 12.5. The zero-order valence-corrected chi connectivity index (χ0v) is 26.5. The fourth-order valence-corrected chi connectivity index (χ4v) is 7.35. The summed E-state index contributed by atoms with van der Waals surface area (Å²) in [6.07, 6.45) is 0. The average Bonchev–Trinajstić information content (AvgIpc) is 3.72. The van der Waals surface area contributed by atoms with Gasteiger partial charge in [-0.3, -0.25) is 0 Å². The average molecular weight is 628 g/mol. The molecule has 0 unspecified atom stereocenters. The van der Waals surface area contributed by atoms with E-state index >= 15 is 0 Å². The first kappa shape index (κ1) is 27.5. The van der Waals surface area contributed by atoms with Gasteiger partial charge in [-0.2, -0.15) is 0 Å². The molecule has 0 aliphatic heterocycles. The summed E-state index contributed by atoms with van der Waals surface area (Å²) in [6, 6.07) is 62.1. The van der Waals surface area contributed by atoms with Crippen molar-refractivity contribution >= 4 is 71.7 Å². The highest BCUT2D eigenvalue weighted by molar-refractivity contribution is 6.13. The Kier molecular flexibility index (Phi) is 6.18. The standard InChI is InChI=1S/C46H29NO2/c1-2-13-34(14-3-1)47(35-24-21-30(22-25-35)37-17-10-20-44-46(37)38-16-7-9-19-42(38)48-44)41-18-8-6-15-36(41)33-23-26-43-39(28-33)40-27-31-11-4-5-12-32(31)29-45(40)49-43/h1-29H. The van der Waals surface area contributed by atoms with Gasteiger partial charge in [-0.25, -0.2) is 0 Å². The van der Waals surface area contributed by atoms with Crippen LogP contribution in [0.1, 0.15) is 0 Å². The predicted molar refractivity (Wildman–Crippen MR) is 204 cm³/mol. The zero-order chi connectivity index (χ0) is 32.3. The van der Waals surface area contributed by atoms with Crippen LogP contribution in [0, 0.1) is 0 Å². The number of furan rings is 2. The van der Waals surface area contributed by atoms with Crippen LogP contribution in [0.2, 0.25) is 0 Å². The molecule has 0 radical (unpaired) electrons. The molecule has 10 rings (SSSR count). The Morgan fingerprint density at radius 2 is 0.959 bits per heavy atom. The molecule has 0 aliphatic rings. The molecule has 0 aliphatic carbocycles. The largest absolute Gasteiger partial charge is 0.456 e. The summed E-state index contributed by atoms with van der Waals surface area (Å²) >= 11 is 0. The second kappa shape index (κ2) is 11.0. The maximum atomic E-state index is 6.34. The fraction of sp³-hybridized carbons (Fsp3) is 0. The number of para-hydroxylation sites is 3. The lowest BCUT2D eigenvalue weighted by Crippen LogP contribution is -2.11. The van der Waals surface area contributed by atoms with Crippen molar-refractivity contribution in [2.24, 2.45) is 0 Å². The van der Waals surface area contributed by atoms with Crippen LogP contribution in [0.4, 0.5) is 17.1 Å². The van der Waals surface area contributed by atoms with E-state index in [0.717, 1.165) is 83.2 Å². The van der Waals surface area contributed by atoms with Crippen molar-refractivity contribution in [3.05, 3.63) is 176 Å². The van der Waals surface area contributed by atoms with Crippen LogP contribution in [0.3, 0.4) is 0 Å². The highest BCUT2D eigenvalue weighted by Gasteiger charge is 2.19. The van der Waals surface area contributed by atoms with Gasteiger partial charge in [0.25, 0.3) is 0 Å². The normalized spacial score (nSPS) is 11.7. The van der Waals surface area contributed by atoms with Crippen molar-refractivity contribution in [3.8, 4) is 22.3 Å². The van der Waals surface area contributed by atoms with Crippen LogP contribution in [-0.2, 0) is 0 Å². The van der Waals surface area contributed by atoms with E-state index in [-0.39, 0.29) is 0 Å².